The Morgan fingerprint density at radius 2 is 1.68 bits per heavy atom. The van der Waals surface area contributed by atoms with Gasteiger partial charge in [-0.1, -0.05) is 39.0 Å². The van der Waals surface area contributed by atoms with E-state index >= 15 is 0 Å². The van der Waals surface area contributed by atoms with Crippen LogP contribution in [-0.2, 0) is 20.3 Å². The fraction of sp³-hybridized carbons (Fsp3) is 0.545. The zero-order valence-electron chi connectivity index (χ0n) is 25.8. The number of thiocarbonyl (C=S) groups is 1. The summed E-state index contributed by atoms with van der Waals surface area (Å²) in [5, 5.41) is 0.140. The fourth-order valence-corrected chi connectivity index (χ4v) is 9.16. The summed E-state index contributed by atoms with van der Waals surface area (Å²) in [5.41, 5.74) is 5.01. The quantitative estimate of drug-likeness (QED) is 0.223. The summed E-state index contributed by atoms with van der Waals surface area (Å²) in [4.78, 5) is 0. The van der Waals surface area contributed by atoms with E-state index in [4.69, 9.17) is 30.9 Å². The van der Waals surface area contributed by atoms with Crippen LogP contribution in [0.25, 0.3) is 0 Å². The average Bonchev–Trinajstić information content (AvgIpc) is 3.35. The summed E-state index contributed by atoms with van der Waals surface area (Å²) in [6.45, 7) is 20.4. The summed E-state index contributed by atoms with van der Waals surface area (Å²) in [7, 11) is -2.13. The second-order valence-corrected chi connectivity index (χ2v) is 18.9. The number of benzene rings is 1. The van der Waals surface area contributed by atoms with Gasteiger partial charge in [0.25, 0.3) is 0 Å². The molecule has 4 aliphatic rings. The van der Waals surface area contributed by atoms with Crippen LogP contribution in [0.3, 0.4) is 0 Å². The Balaban J connectivity index is 1.52. The minimum absolute atomic E-state index is 0.0634. The summed E-state index contributed by atoms with van der Waals surface area (Å²) < 4.78 is 32.4. The van der Waals surface area contributed by atoms with Crippen LogP contribution in [0.4, 0.5) is 0 Å². The standard InChI is InChI=1S/C33H44N2O4SSi/c1-20-16-18-26-27-28(23(4)39-41(8,9)32(5,6)7)33(38-31(40)36-25-13-11-10-12-14-25)19-24-17-15-21(2)35(24)29(27)30(37-33)22(3)34(20)26/h10-18,22-23,27-30H,19H2,1-9H3/t22-,23+,27-,28-,29+,30-,33+/m1/s1. The van der Waals surface area contributed by atoms with Crippen molar-refractivity contribution in [2.75, 3.05) is 0 Å². The highest BCUT2D eigenvalue weighted by Crippen LogP contribution is 2.61. The first-order valence-electron chi connectivity index (χ1n) is 14.9. The third-order valence-electron chi connectivity index (χ3n) is 10.2. The number of para-hydroxylation sites is 1. The van der Waals surface area contributed by atoms with Crippen LogP contribution in [0.15, 0.2) is 54.6 Å². The molecule has 41 heavy (non-hydrogen) atoms. The smallest absolute Gasteiger partial charge is 0.360 e. The first kappa shape index (κ1) is 28.7. The van der Waals surface area contributed by atoms with Crippen LogP contribution in [0.5, 0.6) is 5.75 Å². The first-order valence-corrected chi connectivity index (χ1v) is 18.2. The predicted molar refractivity (Wildman–Crippen MR) is 168 cm³/mol. The average molecular weight is 593 g/mol. The van der Waals surface area contributed by atoms with Crippen LogP contribution in [0, 0.1) is 19.8 Å². The number of hydrogen-bond acceptors (Lipinski definition) is 5. The van der Waals surface area contributed by atoms with E-state index in [1.807, 2.05) is 30.3 Å². The molecule has 0 aliphatic carbocycles. The predicted octanol–water partition coefficient (Wildman–Crippen LogP) is 7.86. The number of fused-ring (bicyclic) bond motifs is 1. The normalized spacial score (nSPS) is 29.3. The van der Waals surface area contributed by atoms with Crippen molar-refractivity contribution >= 4 is 25.8 Å². The molecular weight excluding hydrogens is 549 g/mol. The first-order chi connectivity index (χ1) is 19.2. The van der Waals surface area contributed by atoms with Crippen molar-refractivity contribution in [2.24, 2.45) is 5.92 Å². The molecule has 0 spiro atoms. The molecule has 4 bridgehead atoms. The Bertz CT molecular complexity index is 1460. The van der Waals surface area contributed by atoms with Gasteiger partial charge in [0.2, 0.25) is 5.79 Å². The van der Waals surface area contributed by atoms with Gasteiger partial charge >= 0.3 is 5.24 Å². The number of rotatable bonds is 5. The molecule has 7 rings (SSSR count). The van der Waals surface area contributed by atoms with Crippen LogP contribution < -0.4 is 4.74 Å². The van der Waals surface area contributed by atoms with E-state index in [0.717, 1.165) is 0 Å². The molecule has 6 heterocycles. The van der Waals surface area contributed by atoms with Crippen molar-refractivity contribution in [1.29, 1.82) is 0 Å². The van der Waals surface area contributed by atoms with E-state index in [2.05, 4.69) is 95.0 Å². The number of hydrogen-bond donors (Lipinski definition) is 0. The van der Waals surface area contributed by atoms with E-state index in [1.54, 1.807) is 0 Å². The maximum absolute atomic E-state index is 7.30. The maximum atomic E-state index is 7.30. The maximum Gasteiger partial charge on any atom is 0.360 e. The molecule has 0 saturated carbocycles. The van der Waals surface area contributed by atoms with E-state index < -0.39 is 14.1 Å². The molecule has 0 radical (unpaired) electrons. The Morgan fingerprint density at radius 3 is 2.37 bits per heavy atom. The van der Waals surface area contributed by atoms with Crippen molar-refractivity contribution < 1.29 is 18.6 Å². The highest BCUT2D eigenvalue weighted by atomic mass is 32.1. The van der Waals surface area contributed by atoms with Gasteiger partial charge in [-0.2, -0.15) is 0 Å². The molecule has 0 unspecified atom stereocenters. The molecule has 8 heteroatoms. The van der Waals surface area contributed by atoms with E-state index in [0.29, 0.717) is 12.2 Å². The Morgan fingerprint density at radius 1 is 1.02 bits per heavy atom. The molecule has 1 aromatic carbocycles. The van der Waals surface area contributed by atoms with E-state index in [1.165, 1.54) is 22.8 Å². The summed E-state index contributed by atoms with van der Waals surface area (Å²) >= 11 is 5.80. The molecule has 6 nitrogen and oxygen atoms in total. The third kappa shape index (κ3) is 4.53. The monoisotopic (exact) mass is 592 g/mol. The molecule has 0 amide bonds. The summed E-state index contributed by atoms with van der Waals surface area (Å²) in [6, 6.07) is 18.8. The van der Waals surface area contributed by atoms with Gasteiger partial charge in [0, 0.05) is 40.9 Å². The zero-order chi connectivity index (χ0) is 29.5. The zero-order valence-corrected chi connectivity index (χ0v) is 27.6. The molecular formula is C33H44N2O4SSi. The van der Waals surface area contributed by atoms with Gasteiger partial charge in [0.1, 0.15) is 11.9 Å². The minimum Gasteiger partial charge on any atom is -0.423 e. The Hall–Kier alpha value is -2.39. The molecule has 1 fully saturated rings. The SMILES string of the molecule is Cc1ccc2n1[C@@H]1[C@@H]3O[C@](OC(=S)Oc4ccccc4)(C2)[C@H]([C@H](C)O[Si](C)(C)C(C)(C)C)[C@H]1c1ccc(C)n1[C@@H]3C. The minimum atomic E-state index is -2.13. The highest BCUT2D eigenvalue weighted by Gasteiger charge is 2.66. The molecule has 2 aromatic heterocycles. The lowest BCUT2D eigenvalue weighted by atomic mass is 9.68. The van der Waals surface area contributed by atoms with Gasteiger partial charge in [-0.3, -0.25) is 0 Å². The van der Waals surface area contributed by atoms with Crippen molar-refractivity contribution in [3.8, 4) is 5.75 Å². The van der Waals surface area contributed by atoms with Crippen LogP contribution >= 0.6 is 12.2 Å². The fourth-order valence-electron chi connectivity index (χ4n) is 7.49. The van der Waals surface area contributed by atoms with Crippen LogP contribution in [-0.4, -0.2) is 40.7 Å². The van der Waals surface area contributed by atoms with Crippen molar-refractivity contribution in [3.05, 3.63) is 77.4 Å². The highest BCUT2D eigenvalue weighted by molar-refractivity contribution is 7.79. The molecule has 1 saturated heterocycles. The summed E-state index contributed by atoms with van der Waals surface area (Å²) in [6.07, 6.45) is 0.304. The van der Waals surface area contributed by atoms with E-state index in [9.17, 15) is 0 Å². The lowest BCUT2D eigenvalue weighted by Gasteiger charge is -2.57. The largest absolute Gasteiger partial charge is 0.423 e. The Kier molecular flexibility index (Phi) is 6.88. The number of aryl methyl sites for hydroxylation is 2. The van der Waals surface area contributed by atoms with Crippen LogP contribution in [0.1, 0.15) is 75.4 Å². The lowest BCUT2D eigenvalue weighted by Crippen LogP contribution is -2.64. The molecule has 0 N–H and O–H groups in total. The van der Waals surface area contributed by atoms with Gasteiger partial charge in [0.05, 0.1) is 30.5 Å². The van der Waals surface area contributed by atoms with Gasteiger partial charge in [-0.05, 0) is 82.2 Å². The summed E-state index contributed by atoms with van der Waals surface area (Å²) in [5.74, 6) is -0.438. The molecule has 220 valence electrons. The molecule has 4 aliphatic heterocycles. The number of ether oxygens (including phenoxy) is 3. The number of nitrogens with zero attached hydrogens (tertiary/aromatic N) is 2. The molecule has 7 atom stereocenters. The second kappa shape index (κ2) is 9.83. The second-order valence-electron chi connectivity index (χ2n) is 13.8. The van der Waals surface area contributed by atoms with Crippen molar-refractivity contribution in [1.82, 2.24) is 9.13 Å². The third-order valence-corrected chi connectivity index (χ3v) is 15.0. The van der Waals surface area contributed by atoms with Gasteiger partial charge in [-0.25, -0.2) is 0 Å². The van der Waals surface area contributed by atoms with Crippen molar-refractivity contribution in [3.63, 3.8) is 0 Å². The van der Waals surface area contributed by atoms with Gasteiger partial charge in [-0.15, -0.1) is 0 Å². The van der Waals surface area contributed by atoms with Gasteiger partial charge < -0.3 is 27.8 Å². The topological polar surface area (TPSA) is 46.8 Å². The van der Waals surface area contributed by atoms with E-state index in [-0.39, 0.29) is 46.4 Å². The van der Waals surface area contributed by atoms with Gasteiger partial charge in [0.15, 0.2) is 8.32 Å². The Labute approximate surface area is 251 Å². The van der Waals surface area contributed by atoms with Crippen molar-refractivity contribution in [2.45, 2.75) is 109 Å². The van der Waals surface area contributed by atoms with Crippen LogP contribution in [0.2, 0.25) is 18.1 Å². The molecule has 3 aromatic rings. The lowest BCUT2D eigenvalue weighted by molar-refractivity contribution is -0.310. The number of aromatic nitrogens is 2.